The van der Waals surface area contributed by atoms with Crippen LogP contribution in [-0.4, -0.2) is 28.8 Å². The summed E-state index contributed by atoms with van der Waals surface area (Å²) >= 11 is 1.72. The average molecular weight is 307 g/mol. The van der Waals surface area contributed by atoms with Gasteiger partial charge in [0.15, 0.2) is 0 Å². The molecule has 1 saturated carbocycles. The van der Waals surface area contributed by atoms with Crippen molar-refractivity contribution < 1.29 is 14.7 Å². The van der Waals surface area contributed by atoms with Crippen LogP contribution in [0.5, 0.6) is 0 Å². The normalized spacial score (nSPS) is 22.7. The zero-order valence-corrected chi connectivity index (χ0v) is 12.9. The van der Waals surface area contributed by atoms with Crippen molar-refractivity contribution in [3.05, 3.63) is 30.3 Å². The highest BCUT2D eigenvalue weighted by Gasteiger charge is 2.33. The van der Waals surface area contributed by atoms with Crippen LogP contribution in [-0.2, 0) is 9.59 Å². The molecule has 5 heteroatoms. The molecule has 0 aromatic heterocycles. The Balaban J connectivity index is 1.73. The van der Waals surface area contributed by atoms with Crippen LogP contribution in [0, 0.1) is 11.8 Å². The van der Waals surface area contributed by atoms with Gasteiger partial charge in [-0.1, -0.05) is 25.1 Å². The van der Waals surface area contributed by atoms with E-state index in [2.05, 4.69) is 24.4 Å². The number of nitrogens with one attached hydrogen (secondary N) is 1. The number of thioether (sulfide) groups is 1. The lowest BCUT2D eigenvalue weighted by Crippen LogP contribution is -2.34. The molecule has 0 heterocycles. The first-order valence-electron chi connectivity index (χ1n) is 7.28. The van der Waals surface area contributed by atoms with E-state index in [1.54, 1.807) is 11.8 Å². The maximum atomic E-state index is 12.1. The summed E-state index contributed by atoms with van der Waals surface area (Å²) in [7, 11) is 0. The molecule has 2 N–H and O–H groups in total. The van der Waals surface area contributed by atoms with Crippen LogP contribution in [0.25, 0.3) is 0 Å². The second-order valence-electron chi connectivity index (χ2n) is 5.53. The predicted molar refractivity (Wildman–Crippen MR) is 83.2 cm³/mol. The lowest BCUT2D eigenvalue weighted by Gasteiger charge is -2.15. The van der Waals surface area contributed by atoms with Gasteiger partial charge >= 0.3 is 5.97 Å². The molecule has 1 aliphatic rings. The van der Waals surface area contributed by atoms with Gasteiger partial charge in [0.05, 0.1) is 5.92 Å². The van der Waals surface area contributed by atoms with E-state index in [1.165, 1.54) is 4.90 Å². The summed E-state index contributed by atoms with van der Waals surface area (Å²) in [5.41, 5.74) is 0. The molecule has 1 amide bonds. The van der Waals surface area contributed by atoms with Gasteiger partial charge in [-0.15, -0.1) is 11.8 Å². The Morgan fingerprint density at radius 1 is 1.29 bits per heavy atom. The highest BCUT2D eigenvalue weighted by Crippen LogP contribution is 2.31. The number of rotatable bonds is 6. The lowest BCUT2D eigenvalue weighted by atomic mass is 10.0. The summed E-state index contributed by atoms with van der Waals surface area (Å²) in [6, 6.07) is 10.1. The van der Waals surface area contributed by atoms with Crippen LogP contribution in [0.4, 0.5) is 0 Å². The number of carbonyl (C=O) groups excluding carboxylic acids is 1. The third kappa shape index (κ3) is 4.77. The van der Waals surface area contributed by atoms with Crippen LogP contribution >= 0.6 is 11.8 Å². The van der Waals surface area contributed by atoms with E-state index in [1.807, 2.05) is 18.2 Å². The molecule has 1 aromatic carbocycles. The highest BCUT2D eigenvalue weighted by atomic mass is 32.2. The molecule has 2 rings (SSSR count). The van der Waals surface area contributed by atoms with E-state index in [4.69, 9.17) is 5.11 Å². The molecule has 0 bridgehead atoms. The van der Waals surface area contributed by atoms with E-state index in [0.717, 1.165) is 0 Å². The van der Waals surface area contributed by atoms with Gasteiger partial charge in [-0.25, -0.2) is 0 Å². The third-order valence-corrected chi connectivity index (χ3v) is 4.91. The minimum Gasteiger partial charge on any atom is -0.481 e. The highest BCUT2D eigenvalue weighted by molar-refractivity contribution is 8.00. The summed E-state index contributed by atoms with van der Waals surface area (Å²) in [5, 5.41) is 12.2. The fourth-order valence-electron chi connectivity index (χ4n) is 2.61. The van der Waals surface area contributed by atoms with Crippen molar-refractivity contribution in [2.75, 3.05) is 6.54 Å². The van der Waals surface area contributed by atoms with Crippen molar-refractivity contribution >= 4 is 23.6 Å². The zero-order valence-electron chi connectivity index (χ0n) is 12.1. The van der Waals surface area contributed by atoms with Gasteiger partial charge in [0.2, 0.25) is 5.91 Å². The average Bonchev–Trinajstić information content (AvgIpc) is 2.96. The van der Waals surface area contributed by atoms with Crippen LogP contribution in [0.1, 0.15) is 26.2 Å². The molecule has 114 valence electrons. The van der Waals surface area contributed by atoms with Gasteiger partial charge in [0, 0.05) is 22.6 Å². The molecule has 1 aromatic rings. The van der Waals surface area contributed by atoms with Gasteiger partial charge < -0.3 is 10.4 Å². The van der Waals surface area contributed by atoms with E-state index >= 15 is 0 Å². The SMILES string of the molecule is CC(CNC(=O)[C@@H]1CC[C@H](C(=O)O)C1)Sc1ccccc1. The quantitative estimate of drug-likeness (QED) is 0.793. The summed E-state index contributed by atoms with van der Waals surface area (Å²) in [6.45, 7) is 2.68. The first kappa shape index (κ1) is 15.9. The minimum absolute atomic E-state index is 0.000684. The van der Waals surface area contributed by atoms with Gasteiger partial charge in [0.25, 0.3) is 0 Å². The number of hydrogen-bond donors (Lipinski definition) is 2. The molecular formula is C16H21NO3S. The van der Waals surface area contributed by atoms with Crippen LogP contribution in [0.2, 0.25) is 0 Å². The smallest absolute Gasteiger partial charge is 0.306 e. The van der Waals surface area contributed by atoms with E-state index in [-0.39, 0.29) is 23.0 Å². The number of hydrogen-bond acceptors (Lipinski definition) is 3. The van der Waals surface area contributed by atoms with Crippen molar-refractivity contribution in [3.8, 4) is 0 Å². The number of benzene rings is 1. The third-order valence-electron chi connectivity index (χ3n) is 3.80. The Morgan fingerprint density at radius 2 is 1.95 bits per heavy atom. The van der Waals surface area contributed by atoms with Crippen molar-refractivity contribution in [3.63, 3.8) is 0 Å². The number of carbonyl (C=O) groups is 2. The Kier molecular flexibility index (Phi) is 5.67. The fraction of sp³-hybridized carbons (Fsp3) is 0.500. The molecule has 1 fully saturated rings. The Morgan fingerprint density at radius 3 is 2.57 bits per heavy atom. The number of amides is 1. The summed E-state index contributed by atoms with van der Waals surface area (Å²) in [5.74, 6) is -1.27. The monoisotopic (exact) mass is 307 g/mol. The Hall–Kier alpha value is -1.49. The van der Waals surface area contributed by atoms with E-state index in [0.29, 0.717) is 25.8 Å². The molecule has 4 nitrogen and oxygen atoms in total. The molecule has 0 aliphatic heterocycles. The molecule has 1 unspecified atom stereocenters. The molecule has 0 spiro atoms. The minimum atomic E-state index is -0.779. The zero-order chi connectivity index (χ0) is 15.2. The standard InChI is InChI=1S/C16H21NO3S/c1-11(21-14-5-3-2-4-6-14)10-17-15(18)12-7-8-13(9-12)16(19)20/h2-6,11-13H,7-10H2,1H3,(H,17,18)(H,19,20)/t11?,12-,13+/m1/s1. The Labute approximate surface area is 129 Å². The second-order valence-corrected chi connectivity index (χ2v) is 7.04. The predicted octanol–water partition coefficient (Wildman–Crippen LogP) is 2.78. The molecule has 21 heavy (non-hydrogen) atoms. The van der Waals surface area contributed by atoms with E-state index < -0.39 is 5.97 Å². The maximum Gasteiger partial charge on any atom is 0.306 e. The van der Waals surface area contributed by atoms with E-state index in [9.17, 15) is 9.59 Å². The molecule has 0 radical (unpaired) electrons. The lowest BCUT2D eigenvalue weighted by molar-refractivity contribution is -0.141. The number of carboxylic acids is 1. The van der Waals surface area contributed by atoms with Crippen LogP contribution < -0.4 is 5.32 Å². The fourth-order valence-corrected chi connectivity index (χ4v) is 3.55. The van der Waals surface area contributed by atoms with Crippen molar-refractivity contribution in [2.24, 2.45) is 11.8 Å². The number of carboxylic acid groups (broad SMARTS) is 1. The van der Waals surface area contributed by atoms with Gasteiger partial charge in [0.1, 0.15) is 0 Å². The van der Waals surface area contributed by atoms with Gasteiger partial charge in [-0.2, -0.15) is 0 Å². The number of aliphatic carboxylic acids is 1. The topological polar surface area (TPSA) is 66.4 Å². The van der Waals surface area contributed by atoms with Crippen molar-refractivity contribution in [2.45, 2.75) is 36.3 Å². The summed E-state index contributed by atoms with van der Waals surface area (Å²) < 4.78 is 0. The second kappa shape index (κ2) is 7.50. The van der Waals surface area contributed by atoms with Crippen molar-refractivity contribution in [1.82, 2.24) is 5.32 Å². The van der Waals surface area contributed by atoms with Crippen molar-refractivity contribution in [1.29, 1.82) is 0 Å². The molecule has 0 saturated heterocycles. The summed E-state index contributed by atoms with van der Waals surface area (Å²) in [4.78, 5) is 24.1. The maximum absolute atomic E-state index is 12.1. The van der Waals surface area contributed by atoms with Crippen LogP contribution in [0.15, 0.2) is 35.2 Å². The molecule has 1 aliphatic carbocycles. The molecular weight excluding hydrogens is 286 g/mol. The summed E-state index contributed by atoms with van der Waals surface area (Å²) in [6.07, 6.45) is 1.77. The largest absolute Gasteiger partial charge is 0.481 e. The first-order chi connectivity index (χ1) is 10.1. The first-order valence-corrected chi connectivity index (χ1v) is 8.16. The van der Waals surface area contributed by atoms with Gasteiger partial charge in [-0.3, -0.25) is 9.59 Å². The molecule has 3 atom stereocenters. The Bertz CT molecular complexity index is 492. The van der Waals surface area contributed by atoms with Crippen LogP contribution in [0.3, 0.4) is 0 Å². The van der Waals surface area contributed by atoms with Gasteiger partial charge in [-0.05, 0) is 31.4 Å².